The second-order valence-electron chi connectivity index (χ2n) is 4.88. The molecule has 94 valence electrons. The van der Waals surface area contributed by atoms with Gasteiger partial charge in [0.05, 0.1) is 6.04 Å². The molecule has 0 radical (unpaired) electrons. The van der Waals surface area contributed by atoms with E-state index in [1.54, 1.807) is 4.90 Å². The number of carbonyl (C=O) groups excluding carboxylic acids is 1. The maximum absolute atomic E-state index is 12.2. The number of rotatable bonds is 2. The Morgan fingerprint density at radius 2 is 2.17 bits per heavy atom. The van der Waals surface area contributed by atoms with Gasteiger partial charge < -0.3 is 14.6 Å². The highest BCUT2D eigenvalue weighted by atomic mass is 16.3. The molecule has 0 aliphatic carbocycles. The van der Waals surface area contributed by atoms with Gasteiger partial charge in [-0.15, -0.1) is 0 Å². The summed E-state index contributed by atoms with van der Waals surface area (Å²) >= 11 is 0. The summed E-state index contributed by atoms with van der Waals surface area (Å²) in [4.78, 5) is 14.0. The van der Waals surface area contributed by atoms with Gasteiger partial charge in [-0.05, 0) is 25.1 Å². The van der Waals surface area contributed by atoms with Gasteiger partial charge in [0.15, 0.2) is 5.76 Å². The first kappa shape index (κ1) is 11.3. The van der Waals surface area contributed by atoms with Crippen molar-refractivity contribution in [2.45, 2.75) is 13.0 Å². The number of carbonyl (C=O) groups is 1. The number of nitrogens with one attached hydrogen (secondary N) is 1. The highest BCUT2D eigenvalue weighted by molar-refractivity contribution is 5.96. The molecule has 0 atom stereocenters. The SMILES string of the molecule is Cc1ccc2oc(C(=O)N(C)C3CNC3)cc2c1. The molecule has 1 aliphatic rings. The second-order valence-corrected chi connectivity index (χ2v) is 4.88. The van der Waals surface area contributed by atoms with Crippen LogP contribution in [0.25, 0.3) is 11.0 Å². The smallest absolute Gasteiger partial charge is 0.289 e. The van der Waals surface area contributed by atoms with Gasteiger partial charge in [0.2, 0.25) is 0 Å². The monoisotopic (exact) mass is 244 g/mol. The van der Waals surface area contributed by atoms with E-state index in [0.29, 0.717) is 5.76 Å². The lowest BCUT2D eigenvalue weighted by Gasteiger charge is -2.35. The fraction of sp³-hybridized carbons (Fsp3) is 0.357. The molecule has 18 heavy (non-hydrogen) atoms. The highest BCUT2D eigenvalue weighted by Gasteiger charge is 2.27. The van der Waals surface area contributed by atoms with Gasteiger partial charge in [0.25, 0.3) is 5.91 Å². The van der Waals surface area contributed by atoms with E-state index in [2.05, 4.69) is 5.32 Å². The van der Waals surface area contributed by atoms with Crippen molar-refractivity contribution in [3.05, 3.63) is 35.6 Å². The Kier molecular flexibility index (Phi) is 2.59. The molecule has 1 saturated heterocycles. The van der Waals surface area contributed by atoms with E-state index >= 15 is 0 Å². The molecule has 1 aliphatic heterocycles. The van der Waals surface area contributed by atoms with E-state index in [1.807, 2.05) is 38.2 Å². The van der Waals surface area contributed by atoms with E-state index in [4.69, 9.17) is 4.42 Å². The Bertz CT molecular complexity index is 599. The van der Waals surface area contributed by atoms with Crippen LogP contribution in [-0.2, 0) is 0 Å². The molecule has 1 N–H and O–H groups in total. The van der Waals surface area contributed by atoms with Gasteiger partial charge >= 0.3 is 0 Å². The van der Waals surface area contributed by atoms with E-state index < -0.39 is 0 Å². The molecule has 0 spiro atoms. The maximum atomic E-state index is 12.2. The molecular weight excluding hydrogens is 228 g/mol. The van der Waals surface area contributed by atoms with E-state index in [0.717, 1.165) is 24.1 Å². The zero-order chi connectivity index (χ0) is 12.7. The Balaban J connectivity index is 1.91. The number of furan rings is 1. The van der Waals surface area contributed by atoms with Crippen molar-refractivity contribution in [1.82, 2.24) is 10.2 Å². The van der Waals surface area contributed by atoms with Crippen LogP contribution in [-0.4, -0.2) is 37.0 Å². The van der Waals surface area contributed by atoms with Crippen LogP contribution >= 0.6 is 0 Å². The van der Waals surface area contributed by atoms with Crippen molar-refractivity contribution in [3.63, 3.8) is 0 Å². The van der Waals surface area contributed by atoms with E-state index in [9.17, 15) is 4.79 Å². The number of amides is 1. The number of benzene rings is 1. The quantitative estimate of drug-likeness (QED) is 0.876. The van der Waals surface area contributed by atoms with Gasteiger partial charge in [-0.25, -0.2) is 0 Å². The molecule has 0 saturated carbocycles. The van der Waals surface area contributed by atoms with Crippen LogP contribution in [0.2, 0.25) is 0 Å². The van der Waals surface area contributed by atoms with Crippen molar-refractivity contribution >= 4 is 16.9 Å². The van der Waals surface area contributed by atoms with Gasteiger partial charge in [0, 0.05) is 25.5 Å². The number of hydrogen-bond donors (Lipinski definition) is 1. The zero-order valence-electron chi connectivity index (χ0n) is 10.6. The van der Waals surface area contributed by atoms with Crippen molar-refractivity contribution in [2.75, 3.05) is 20.1 Å². The molecule has 1 fully saturated rings. The molecule has 4 heteroatoms. The summed E-state index contributed by atoms with van der Waals surface area (Å²) < 4.78 is 5.61. The average molecular weight is 244 g/mol. The Morgan fingerprint density at radius 1 is 1.39 bits per heavy atom. The molecule has 3 rings (SSSR count). The summed E-state index contributed by atoms with van der Waals surface area (Å²) in [6.07, 6.45) is 0. The number of fused-ring (bicyclic) bond motifs is 1. The fourth-order valence-corrected chi connectivity index (χ4v) is 2.16. The Labute approximate surface area is 106 Å². The van der Waals surface area contributed by atoms with Crippen LogP contribution in [0.3, 0.4) is 0 Å². The van der Waals surface area contributed by atoms with Crippen LogP contribution < -0.4 is 5.32 Å². The lowest BCUT2D eigenvalue weighted by atomic mass is 10.1. The van der Waals surface area contributed by atoms with Gasteiger partial charge in [0.1, 0.15) is 5.58 Å². The minimum Gasteiger partial charge on any atom is -0.451 e. The lowest BCUT2D eigenvalue weighted by Crippen LogP contribution is -2.57. The molecule has 0 bridgehead atoms. The fourth-order valence-electron chi connectivity index (χ4n) is 2.16. The average Bonchev–Trinajstić information content (AvgIpc) is 2.68. The largest absolute Gasteiger partial charge is 0.451 e. The number of nitrogens with zero attached hydrogens (tertiary/aromatic N) is 1. The summed E-state index contributed by atoms with van der Waals surface area (Å²) in [5, 5.41) is 4.14. The highest BCUT2D eigenvalue weighted by Crippen LogP contribution is 2.22. The predicted octanol–water partition coefficient (Wildman–Crippen LogP) is 1.79. The van der Waals surface area contributed by atoms with Crippen LogP contribution in [0, 0.1) is 6.92 Å². The molecular formula is C14H16N2O2. The predicted molar refractivity (Wildman–Crippen MR) is 69.7 cm³/mol. The third-order valence-corrected chi connectivity index (χ3v) is 3.51. The standard InChI is InChI=1S/C14H16N2O2/c1-9-3-4-12-10(5-9)6-13(18-12)14(17)16(2)11-7-15-8-11/h3-6,11,15H,7-8H2,1-2H3. The first-order valence-electron chi connectivity index (χ1n) is 6.13. The molecule has 2 heterocycles. The number of aryl methyl sites for hydroxylation is 1. The first-order valence-corrected chi connectivity index (χ1v) is 6.13. The van der Waals surface area contributed by atoms with Crippen molar-refractivity contribution in [2.24, 2.45) is 0 Å². The van der Waals surface area contributed by atoms with Gasteiger partial charge in [-0.1, -0.05) is 11.6 Å². The van der Waals surface area contributed by atoms with Crippen molar-refractivity contribution < 1.29 is 9.21 Å². The first-order chi connectivity index (χ1) is 8.65. The van der Waals surface area contributed by atoms with Crippen LogP contribution in [0.5, 0.6) is 0 Å². The zero-order valence-corrected chi connectivity index (χ0v) is 10.6. The maximum Gasteiger partial charge on any atom is 0.289 e. The topological polar surface area (TPSA) is 45.5 Å². The third kappa shape index (κ3) is 1.78. The number of hydrogen-bond acceptors (Lipinski definition) is 3. The molecule has 1 amide bonds. The summed E-state index contributed by atoms with van der Waals surface area (Å²) in [7, 11) is 1.83. The second kappa shape index (κ2) is 4.14. The van der Waals surface area contributed by atoms with E-state index in [1.165, 1.54) is 5.56 Å². The molecule has 0 unspecified atom stereocenters. The summed E-state index contributed by atoms with van der Waals surface area (Å²) in [6, 6.07) is 8.03. The third-order valence-electron chi connectivity index (χ3n) is 3.51. The van der Waals surface area contributed by atoms with Crippen LogP contribution in [0.4, 0.5) is 0 Å². The number of likely N-dealkylation sites (N-methyl/N-ethyl adjacent to an activating group) is 1. The summed E-state index contributed by atoms with van der Waals surface area (Å²) in [5.74, 6) is 0.375. The minimum absolute atomic E-state index is 0.0460. The van der Waals surface area contributed by atoms with Gasteiger partial charge in [-0.2, -0.15) is 0 Å². The minimum atomic E-state index is -0.0460. The van der Waals surface area contributed by atoms with Crippen molar-refractivity contribution in [1.29, 1.82) is 0 Å². The van der Waals surface area contributed by atoms with Crippen molar-refractivity contribution in [3.8, 4) is 0 Å². The molecule has 2 aromatic rings. The van der Waals surface area contributed by atoms with Crippen LogP contribution in [0.15, 0.2) is 28.7 Å². The molecule has 4 nitrogen and oxygen atoms in total. The normalized spacial score (nSPS) is 15.7. The van der Waals surface area contributed by atoms with Crippen LogP contribution in [0.1, 0.15) is 16.1 Å². The summed E-state index contributed by atoms with van der Waals surface area (Å²) in [5.41, 5.74) is 1.93. The molecule has 1 aromatic heterocycles. The van der Waals surface area contributed by atoms with E-state index in [-0.39, 0.29) is 11.9 Å². The molecule has 1 aromatic carbocycles. The lowest BCUT2D eigenvalue weighted by molar-refractivity contribution is 0.0651. The Hall–Kier alpha value is -1.81. The summed E-state index contributed by atoms with van der Waals surface area (Å²) in [6.45, 7) is 3.75. The Morgan fingerprint density at radius 3 is 2.83 bits per heavy atom. The van der Waals surface area contributed by atoms with Gasteiger partial charge in [-0.3, -0.25) is 4.79 Å².